The van der Waals surface area contributed by atoms with E-state index in [0.29, 0.717) is 29.7 Å². The van der Waals surface area contributed by atoms with E-state index in [9.17, 15) is 14.0 Å². The molecule has 0 spiro atoms. The molecule has 5 rings (SSSR count). The standard InChI is InChI=1S/C27H27BrClFN6O2/c1-34-24-7-3-2-5-17(24)11-18(27(34)38)13-36-16-20(32-33-36)15-35-10-4-6-19(14-35)31-25(37)12-21-22(28)8-9-23(29)26(21)30/h2-3,5,7-9,11,16,19H,4,6,10,12-15H2,1H3,(H,31,37). The van der Waals surface area contributed by atoms with Gasteiger partial charge in [0.1, 0.15) is 5.82 Å². The number of piperidine rings is 1. The van der Waals surface area contributed by atoms with Crippen LogP contribution >= 0.6 is 27.5 Å². The van der Waals surface area contributed by atoms with Crippen molar-refractivity contribution in [1.29, 1.82) is 0 Å². The van der Waals surface area contributed by atoms with E-state index in [4.69, 9.17) is 11.6 Å². The van der Waals surface area contributed by atoms with Gasteiger partial charge in [0.2, 0.25) is 5.91 Å². The topological polar surface area (TPSA) is 85.0 Å². The molecule has 3 heterocycles. The van der Waals surface area contributed by atoms with Gasteiger partial charge in [-0.05, 0) is 49.0 Å². The summed E-state index contributed by atoms with van der Waals surface area (Å²) < 4.78 is 18.2. The first-order chi connectivity index (χ1) is 18.3. The highest BCUT2D eigenvalue weighted by molar-refractivity contribution is 9.10. The van der Waals surface area contributed by atoms with E-state index in [2.05, 4.69) is 36.5 Å². The monoisotopic (exact) mass is 600 g/mol. The van der Waals surface area contributed by atoms with Gasteiger partial charge in [-0.1, -0.05) is 50.9 Å². The van der Waals surface area contributed by atoms with Crippen molar-refractivity contribution in [3.63, 3.8) is 0 Å². The van der Waals surface area contributed by atoms with Crippen LogP contribution in [0.1, 0.15) is 29.7 Å². The van der Waals surface area contributed by atoms with Gasteiger partial charge in [0.15, 0.2) is 0 Å². The Hall–Kier alpha value is -3.08. The minimum Gasteiger partial charge on any atom is -0.352 e. The lowest BCUT2D eigenvalue weighted by Gasteiger charge is -2.32. The summed E-state index contributed by atoms with van der Waals surface area (Å²) in [6.07, 6.45) is 3.53. The first kappa shape index (κ1) is 26.5. The van der Waals surface area contributed by atoms with Gasteiger partial charge >= 0.3 is 0 Å². The summed E-state index contributed by atoms with van der Waals surface area (Å²) in [6.45, 7) is 2.44. The lowest BCUT2D eigenvalue weighted by molar-refractivity contribution is -0.121. The molecule has 1 aliphatic rings. The maximum atomic E-state index is 14.4. The van der Waals surface area contributed by atoms with Gasteiger partial charge in [0.25, 0.3) is 5.56 Å². The summed E-state index contributed by atoms with van der Waals surface area (Å²) in [6, 6.07) is 12.7. The molecule has 38 heavy (non-hydrogen) atoms. The predicted octanol–water partition coefficient (Wildman–Crippen LogP) is 4.06. The molecule has 1 atom stereocenters. The van der Waals surface area contributed by atoms with Crippen molar-refractivity contribution in [1.82, 2.24) is 29.8 Å². The quantitative estimate of drug-likeness (QED) is 0.323. The van der Waals surface area contributed by atoms with Crippen LogP contribution in [-0.4, -0.2) is 49.5 Å². The van der Waals surface area contributed by atoms with E-state index in [0.717, 1.165) is 36.0 Å². The second kappa shape index (κ2) is 11.3. The number of carbonyl (C=O) groups is 1. The Bertz CT molecular complexity index is 1550. The molecule has 0 bridgehead atoms. The first-order valence-corrected chi connectivity index (χ1v) is 13.6. The molecule has 1 aliphatic heterocycles. The van der Waals surface area contributed by atoms with Crippen LogP contribution in [0.25, 0.3) is 10.9 Å². The summed E-state index contributed by atoms with van der Waals surface area (Å²) >= 11 is 9.18. The van der Waals surface area contributed by atoms with Gasteiger partial charge in [-0.2, -0.15) is 0 Å². The molecule has 0 aliphatic carbocycles. The molecular weight excluding hydrogens is 575 g/mol. The van der Waals surface area contributed by atoms with Crippen LogP contribution in [0.3, 0.4) is 0 Å². The Morgan fingerprint density at radius 1 is 1.24 bits per heavy atom. The molecule has 1 fully saturated rings. The normalized spacial score (nSPS) is 16.2. The number of rotatable bonds is 7. The van der Waals surface area contributed by atoms with Crippen LogP contribution in [-0.2, 0) is 31.4 Å². The summed E-state index contributed by atoms with van der Waals surface area (Å²) in [5.74, 6) is -0.826. The van der Waals surface area contributed by atoms with Crippen LogP contribution in [0.2, 0.25) is 5.02 Å². The van der Waals surface area contributed by atoms with E-state index in [1.807, 2.05) is 36.5 Å². The average molecular weight is 602 g/mol. The van der Waals surface area contributed by atoms with Crippen molar-refractivity contribution in [3.8, 4) is 0 Å². The predicted molar refractivity (Wildman–Crippen MR) is 148 cm³/mol. The molecule has 1 N–H and O–H groups in total. The van der Waals surface area contributed by atoms with Crippen LogP contribution < -0.4 is 10.9 Å². The number of aromatic nitrogens is 4. The molecule has 1 unspecified atom stereocenters. The first-order valence-electron chi connectivity index (χ1n) is 12.4. The van der Waals surface area contributed by atoms with Crippen LogP contribution in [0.5, 0.6) is 0 Å². The molecule has 1 amide bonds. The number of para-hydroxylation sites is 1. The number of benzene rings is 2. The highest BCUT2D eigenvalue weighted by atomic mass is 79.9. The van der Waals surface area contributed by atoms with Gasteiger partial charge in [-0.15, -0.1) is 5.10 Å². The summed E-state index contributed by atoms with van der Waals surface area (Å²) in [5, 5.41) is 12.6. The summed E-state index contributed by atoms with van der Waals surface area (Å²) in [5.41, 5.74) is 2.52. The third-order valence-electron chi connectivity index (χ3n) is 6.86. The van der Waals surface area contributed by atoms with Crippen LogP contribution in [0, 0.1) is 5.82 Å². The Labute approximate surface area is 232 Å². The Morgan fingerprint density at radius 3 is 2.89 bits per heavy atom. The SMILES string of the molecule is Cn1c(=O)c(Cn2cc(CN3CCCC(NC(=O)Cc4c(Br)ccc(Cl)c4F)C3)nn2)cc2ccccc21. The number of nitrogens with zero attached hydrogens (tertiary/aromatic N) is 5. The lowest BCUT2D eigenvalue weighted by Crippen LogP contribution is -2.47. The largest absolute Gasteiger partial charge is 0.352 e. The number of halogens is 3. The zero-order chi connectivity index (χ0) is 26.8. The maximum Gasteiger partial charge on any atom is 0.255 e. The van der Waals surface area contributed by atoms with E-state index < -0.39 is 5.82 Å². The van der Waals surface area contributed by atoms with Gasteiger partial charge in [0, 0.05) is 41.8 Å². The molecule has 2 aromatic heterocycles. The molecule has 0 saturated carbocycles. The Balaban J connectivity index is 1.19. The van der Waals surface area contributed by atoms with Crippen molar-refractivity contribution in [2.24, 2.45) is 7.05 Å². The van der Waals surface area contributed by atoms with Gasteiger partial charge < -0.3 is 9.88 Å². The lowest BCUT2D eigenvalue weighted by atomic mass is 10.0. The molecule has 0 radical (unpaired) electrons. The number of fused-ring (bicyclic) bond motifs is 1. The molecule has 4 aromatic rings. The number of amides is 1. The third kappa shape index (κ3) is 5.82. The van der Waals surface area contributed by atoms with Crippen molar-refractivity contribution in [3.05, 3.63) is 91.1 Å². The molecule has 198 valence electrons. The number of pyridine rings is 1. The zero-order valence-corrected chi connectivity index (χ0v) is 23.2. The Morgan fingerprint density at radius 2 is 2.05 bits per heavy atom. The molecule has 8 nitrogen and oxygen atoms in total. The smallest absolute Gasteiger partial charge is 0.255 e. The number of hydrogen-bond donors (Lipinski definition) is 1. The number of hydrogen-bond acceptors (Lipinski definition) is 5. The van der Waals surface area contributed by atoms with Crippen molar-refractivity contribution < 1.29 is 9.18 Å². The molecule has 2 aromatic carbocycles. The van der Waals surface area contributed by atoms with Crippen LogP contribution in [0.4, 0.5) is 4.39 Å². The number of nitrogens with one attached hydrogen (secondary N) is 1. The fraction of sp³-hybridized carbons (Fsp3) is 0.333. The van der Waals surface area contributed by atoms with E-state index in [-0.39, 0.29) is 34.5 Å². The maximum absolute atomic E-state index is 14.4. The summed E-state index contributed by atoms with van der Waals surface area (Å²) in [4.78, 5) is 27.7. The highest BCUT2D eigenvalue weighted by Gasteiger charge is 2.23. The minimum atomic E-state index is -0.578. The third-order valence-corrected chi connectivity index (χ3v) is 7.89. The highest BCUT2D eigenvalue weighted by Crippen LogP contribution is 2.26. The van der Waals surface area contributed by atoms with Gasteiger partial charge in [-0.3, -0.25) is 14.5 Å². The summed E-state index contributed by atoms with van der Waals surface area (Å²) in [7, 11) is 1.77. The molecule has 1 saturated heterocycles. The van der Waals surface area contributed by atoms with E-state index >= 15 is 0 Å². The number of likely N-dealkylation sites (tertiary alicyclic amines) is 1. The number of carbonyl (C=O) groups excluding carboxylic acids is 1. The van der Waals surface area contributed by atoms with E-state index in [1.54, 1.807) is 22.4 Å². The van der Waals surface area contributed by atoms with Crippen LogP contribution in [0.15, 0.2) is 57.9 Å². The van der Waals surface area contributed by atoms with Gasteiger partial charge in [0.05, 0.1) is 35.4 Å². The fourth-order valence-corrected chi connectivity index (χ4v) is 5.61. The average Bonchev–Trinajstić information content (AvgIpc) is 3.34. The zero-order valence-electron chi connectivity index (χ0n) is 20.8. The van der Waals surface area contributed by atoms with Crippen molar-refractivity contribution >= 4 is 44.3 Å². The molecule has 11 heteroatoms. The number of aryl methyl sites for hydroxylation is 1. The van der Waals surface area contributed by atoms with Crippen molar-refractivity contribution in [2.45, 2.75) is 38.4 Å². The van der Waals surface area contributed by atoms with Gasteiger partial charge in [-0.25, -0.2) is 9.07 Å². The fourth-order valence-electron chi connectivity index (χ4n) is 4.98. The Kier molecular flexibility index (Phi) is 7.92. The minimum absolute atomic E-state index is 0.00568. The van der Waals surface area contributed by atoms with E-state index in [1.165, 1.54) is 6.07 Å². The van der Waals surface area contributed by atoms with Crippen molar-refractivity contribution in [2.75, 3.05) is 13.1 Å². The molecular formula is C27H27BrClFN6O2. The second-order valence-electron chi connectivity index (χ2n) is 9.64. The second-order valence-corrected chi connectivity index (χ2v) is 10.9.